The van der Waals surface area contributed by atoms with E-state index in [2.05, 4.69) is 0 Å². The summed E-state index contributed by atoms with van der Waals surface area (Å²) in [6, 6.07) is 1.84. The third kappa shape index (κ3) is 5.42. The number of halogens is 1. The molecule has 0 aromatic heterocycles. The highest BCUT2D eigenvalue weighted by Gasteiger charge is 2.12. The Hall–Kier alpha value is -1.03. The fourth-order valence-corrected chi connectivity index (χ4v) is 1.20. The van der Waals surface area contributed by atoms with Crippen LogP contribution in [0, 0.1) is 11.3 Å². The van der Waals surface area contributed by atoms with Gasteiger partial charge in [0, 0.05) is 17.7 Å². The van der Waals surface area contributed by atoms with E-state index in [-0.39, 0.29) is 12.2 Å². The van der Waals surface area contributed by atoms with Gasteiger partial charge in [-0.25, -0.2) is 4.79 Å². The van der Waals surface area contributed by atoms with Crippen LogP contribution < -0.4 is 0 Å². The zero-order chi connectivity index (χ0) is 11.8. The number of nitriles is 1. The van der Waals surface area contributed by atoms with E-state index in [9.17, 15) is 4.79 Å². The lowest BCUT2D eigenvalue weighted by atomic mass is 10.3. The van der Waals surface area contributed by atoms with E-state index in [1.165, 1.54) is 0 Å². The Bertz CT molecular complexity index is 327. The van der Waals surface area contributed by atoms with Gasteiger partial charge in [0.25, 0.3) is 0 Å². The zero-order valence-electron chi connectivity index (χ0n) is 8.95. The van der Waals surface area contributed by atoms with Gasteiger partial charge in [-0.05, 0) is 41.8 Å². The summed E-state index contributed by atoms with van der Waals surface area (Å²) in [5.74, 6) is -0.576. The molecule has 0 atom stereocenters. The summed E-state index contributed by atoms with van der Waals surface area (Å²) in [5, 5.41) is 8.80. The summed E-state index contributed by atoms with van der Waals surface area (Å²) in [4.78, 5) is 13.1. The van der Waals surface area contributed by atoms with E-state index in [0.717, 1.165) is 0 Å². The average Bonchev–Trinajstić information content (AvgIpc) is 2.16. The van der Waals surface area contributed by atoms with Crippen LogP contribution in [-0.2, 0) is 9.53 Å². The Labute approximate surface area is 103 Å². The number of hydrogen-bond acceptors (Lipinski definition) is 4. The van der Waals surface area contributed by atoms with E-state index in [1.807, 2.05) is 47.7 Å². The Morgan fingerprint density at radius 3 is 2.60 bits per heavy atom. The summed E-state index contributed by atoms with van der Waals surface area (Å²) >= 11 is 1.93. The number of ether oxygens (including phenoxy) is 1. The molecule has 0 aromatic rings. The Balaban J connectivity index is 4.84. The number of rotatable bonds is 4. The van der Waals surface area contributed by atoms with Gasteiger partial charge in [-0.3, -0.25) is 0 Å². The monoisotopic (exact) mass is 320 g/mol. The second kappa shape index (κ2) is 7.29. The number of carbonyl (C=O) groups excluding carboxylic acids is 1. The van der Waals surface area contributed by atoms with E-state index in [4.69, 9.17) is 10.00 Å². The first-order chi connectivity index (χ1) is 7.02. The van der Waals surface area contributed by atoms with Gasteiger partial charge in [0.15, 0.2) is 5.57 Å². The molecular formula is C10H13IN2O2. The van der Waals surface area contributed by atoms with Gasteiger partial charge in [-0.15, -0.1) is 0 Å². The summed E-state index contributed by atoms with van der Waals surface area (Å²) in [6.45, 7) is 1.97. The summed E-state index contributed by atoms with van der Waals surface area (Å²) in [5.41, 5.74) is 0.0375. The van der Waals surface area contributed by atoms with E-state index in [1.54, 1.807) is 19.2 Å². The van der Waals surface area contributed by atoms with Crippen molar-refractivity contribution in [2.24, 2.45) is 0 Å². The van der Waals surface area contributed by atoms with Crippen molar-refractivity contribution in [3.05, 3.63) is 21.4 Å². The van der Waals surface area contributed by atoms with E-state index >= 15 is 0 Å². The highest BCUT2D eigenvalue weighted by atomic mass is 127. The minimum Gasteiger partial charge on any atom is -0.462 e. The molecule has 0 fully saturated rings. The molecule has 0 bridgehead atoms. The molecule has 82 valence electrons. The molecule has 0 spiro atoms. The van der Waals surface area contributed by atoms with Crippen LogP contribution in [0.2, 0.25) is 0 Å². The molecule has 0 radical (unpaired) electrons. The van der Waals surface area contributed by atoms with Crippen LogP contribution in [0.4, 0.5) is 0 Å². The van der Waals surface area contributed by atoms with Crippen molar-refractivity contribution in [3.8, 4) is 6.07 Å². The van der Waals surface area contributed by atoms with Crippen molar-refractivity contribution in [2.45, 2.75) is 6.92 Å². The lowest BCUT2D eigenvalue weighted by Gasteiger charge is -2.04. The molecule has 0 saturated carbocycles. The molecule has 5 heteroatoms. The molecule has 0 unspecified atom stereocenters. The first-order valence-electron chi connectivity index (χ1n) is 4.34. The fourth-order valence-electron chi connectivity index (χ4n) is 0.698. The van der Waals surface area contributed by atoms with E-state index < -0.39 is 5.97 Å². The predicted molar refractivity (Wildman–Crippen MR) is 66.1 cm³/mol. The van der Waals surface area contributed by atoms with E-state index in [0.29, 0.717) is 3.58 Å². The van der Waals surface area contributed by atoms with Crippen LogP contribution in [0.25, 0.3) is 0 Å². The van der Waals surface area contributed by atoms with Crippen LogP contribution in [0.3, 0.4) is 0 Å². The van der Waals surface area contributed by atoms with Crippen molar-refractivity contribution in [3.63, 3.8) is 0 Å². The van der Waals surface area contributed by atoms with Crippen molar-refractivity contribution in [1.82, 2.24) is 4.90 Å². The maximum Gasteiger partial charge on any atom is 0.349 e. The highest BCUT2D eigenvalue weighted by Crippen LogP contribution is 2.15. The average molecular weight is 320 g/mol. The van der Waals surface area contributed by atoms with Gasteiger partial charge in [0.05, 0.1) is 6.61 Å². The molecule has 0 rings (SSSR count). The first-order valence-corrected chi connectivity index (χ1v) is 5.42. The Kier molecular flexibility index (Phi) is 6.79. The third-order valence-corrected chi connectivity index (χ3v) is 2.25. The second-order valence-electron chi connectivity index (χ2n) is 2.83. The summed E-state index contributed by atoms with van der Waals surface area (Å²) in [6.07, 6.45) is 3.45. The zero-order valence-corrected chi connectivity index (χ0v) is 11.1. The molecule has 0 heterocycles. The van der Waals surface area contributed by atoms with Gasteiger partial charge in [0.1, 0.15) is 6.07 Å². The van der Waals surface area contributed by atoms with Crippen LogP contribution in [0.1, 0.15) is 6.92 Å². The summed E-state index contributed by atoms with van der Waals surface area (Å²) < 4.78 is 5.32. The van der Waals surface area contributed by atoms with Crippen LogP contribution in [-0.4, -0.2) is 31.6 Å². The smallest absolute Gasteiger partial charge is 0.349 e. The molecular weight excluding hydrogens is 307 g/mol. The molecule has 0 N–H and O–H groups in total. The number of allylic oxidation sites excluding steroid dienone is 2. The minimum atomic E-state index is -0.576. The van der Waals surface area contributed by atoms with Crippen LogP contribution >= 0.6 is 22.6 Å². The molecule has 0 aromatic carbocycles. The quantitative estimate of drug-likeness (QED) is 0.261. The molecule has 0 amide bonds. The fraction of sp³-hybridized carbons (Fsp3) is 0.400. The molecule has 0 aliphatic carbocycles. The lowest BCUT2D eigenvalue weighted by molar-refractivity contribution is -0.138. The van der Waals surface area contributed by atoms with Gasteiger partial charge in [0.2, 0.25) is 0 Å². The van der Waals surface area contributed by atoms with Crippen molar-refractivity contribution in [1.29, 1.82) is 5.26 Å². The largest absolute Gasteiger partial charge is 0.462 e. The number of esters is 1. The minimum absolute atomic E-state index is 0.0375. The van der Waals surface area contributed by atoms with Crippen molar-refractivity contribution < 1.29 is 9.53 Å². The lowest BCUT2D eigenvalue weighted by Crippen LogP contribution is -2.07. The van der Waals surface area contributed by atoms with Crippen molar-refractivity contribution in [2.75, 3.05) is 20.7 Å². The molecule has 0 aliphatic heterocycles. The highest BCUT2D eigenvalue weighted by molar-refractivity contribution is 14.1. The molecule has 4 nitrogen and oxygen atoms in total. The normalized spacial score (nSPS) is 11.9. The maximum atomic E-state index is 11.3. The Morgan fingerprint density at radius 1 is 1.60 bits per heavy atom. The standard InChI is InChI=1S/C10H13IN2O2/c1-4-15-10(14)8(7-12)9(11)5-6-13(2)3/h5-6H,4H2,1-3H3/b6-5+,9-8-. The third-order valence-electron chi connectivity index (χ3n) is 1.35. The van der Waals surface area contributed by atoms with Crippen LogP contribution in [0.15, 0.2) is 21.4 Å². The number of nitrogens with zero attached hydrogens (tertiary/aromatic N) is 2. The van der Waals surface area contributed by atoms with Gasteiger partial charge >= 0.3 is 5.97 Å². The molecule has 15 heavy (non-hydrogen) atoms. The molecule has 0 aliphatic rings. The SMILES string of the molecule is CCOC(=O)/C(C#N)=C(I)/C=C/N(C)C. The second-order valence-corrected chi connectivity index (χ2v) is 4.00. The topological polar surface area (TPSA) is 53.3 Å². The van der Waals surface area contributed by atoms with Gasteiger partial charge in [-0.2, -0.15) is 5.26 Å². The molecule has 0 saturated heterocycles. The summed E-state index contributed by atoms with van der Waals surface area (Å²) in [7, 11) is 3.72. The van der Waals surface area contributed by atoms with Crippen LogP contribution in [0.5, 0.6) is 0 Å². The number of hydrogen-bond donors (Lipinski definition) is 0. The first kappa shape index (κ1) is 14.0. The predicted octanol–water partition coefficient (Wildman–Crippen LogP) is 1.84. The maximum absolute atomic E-state index is 11.3. The van der Waals surface area contributed by atoms with Gasteiger partial charge < -0.3 is 9.64 Å². The number of carbonyl (C=O) groups is 1. The Morgan fingerprint density at radius 2 is 2.20 bits per heavy atom. The van der Waals surface area contributed by atoms with Crippen molar-refractivity contribution >= 4 is 28.6 Å². The van der Waals surface area contributed by atoms with Gasteiger partial charge in [-0.1, -0.05) is 0 Å².